The van der Waals surface area contributed by atoms with Gasteiger partial charge in [-0.2, -0.15) is 0 Å². The molecule has 0 aromatic heterocycles. The standard InChI is InChI=1S/C13H33N5/c1-14-6-9-17(4)10-7-15-8-11-18(5)13-12-16(2)3/h14-15H,6-13H2,1-5H3. The Balaban J connectivity index is 3.28. The summed E-state index contributed by atoms with van der Waals surface area (Å²) >= 11 is 0. The van der Waals surface area contributed by atoms with E-state index in [0.29, 0.717) is 0 Å². The van der Waals surface area contributed by atoms with E-state index in [1.165, 1.54) is 0 Å². The average molecular weight is 259 g/mol. The lowest BCUT2D eigenvalue weighted by molar-refractivity contribution is 0.277. The van der Waals surface area contributed by atoms with Crippen molar-refractivity contribution in [3.8, 4) is 0 Å². The van der Waals surface area contributed by atoms with Crippen LogP contribution in [0.4, 0.5) is 0 Å². The second kappa shape index (κ2) is 11.9. The highest BCUT2D eigenvalue weighted by molar-refractivity contribution is 4.59. The molecule has 0 atom stereocenters. The minimum atomic E-state index is 1.06. The molecule has 18 heavy (non-hydrogen) atoms. The van der Waals surface area contributed by atoms with Gasteiger partial charge >= 0.3 is 0 Å². The molecule has 0 radical (unpaired) electrons. The van der Waals surface area contributed by atoms with Gasteiger partial charge in [-0.3, -0.25) is 0 Å². The molecule has 0 rings (SSSR count). The zero-order valence-corrected chi connectivity index (χ0v) is 13.0. The number of nitrogens with zero attached hydrogens (tertiary/aromatic N) is 3. The highest BCUT2D eigenvalue weighted by Crippen LogP contribution is 1.83. The van der Waals surface area contributed by atoms with Gasteiger partial charge in [0.25, 0.3) is 0 Å². The van der Waals surface area contributed by atoms with Crippen molar-refractivity contribution >= 4 is 0 Å². The molecule has 0 aliphatic heterocycles. The van der Waals surface area contributed by atoms with Crippen molar-refractivity contribution in [2.45, 2.75) is 0 Å². The molecule has 0 bridgehead atoms. The monoisotopic (exact) mass is 259 g/mol. The first-order valence-corrected chi connectivity index (χ1v) is 6.93. The average Bonchev–Trinajstić information content (AvgIpc) is 2.33. The Morgan fingerprint density at radius 2 is 1.17 bits per heavy atom. The molecule has 0 fully saturated rings. The third-order valence-corrected chi connectivity index (χ3v) is 3.01. The topological polar surface area (TPSA) is 33.8 Å². The summed E-state index contributed by atoms with van der Waals surface area (Å²) in [5, 5.41) is 6.66. The molecule has 5 nitrogen and oxygen atoms in total. The molecule has 0 aliphatic carbocycles. The summed E-state index contributed by atoms with van der Waals surface area (Å²) in [4.78, 5) is 6.94. The van der Waals surface area contributed by atoms with Crippen LogP contribution in [0.1, 0.15) is 0 Å². The first-order valence-electron chi connectivity index (χ1n) is 6.93. The molecule has 0 heterocycles. The lowest BCUT2D eigenvalue weighted by Crippen LogP contribution is -2.37. The van der Waals surface area contributed by atoms with Gasteiger partial charge in [-0.15, -0.1) is 0 Å². The summed E-state index contributed by atoms with van der Waals surface area (Å²) in [6, 6.07) is 0. The molecule has 5 heteroatoms. The molecule has 0 saturated carbocycles. The summed E-state index contributed by atoms with van der Waals surface area (Å²) < 4.78 is 0. The fourth-order valence-corrected chi connectivity index (χ4v) is 1.56. The highest BCUT2D eigenvalue weighted by atomic mass is 15.2. The van der Waals surface area contributed by atoms with Gasteiger partial charge in [0, 0.05) is 52.4 Å². The van der Waals surface area contributed by atoms with E-state index >= 15 is 0 Å². The molecule has 2 N–H and O–H groups in total. The normalized spacial score (nSPS) is 12.0. The largest absolute Gasteiger partial charge is 0.318 e. The number of hydrogen-bond donors (Lipinski definition) is 2. The third kappa shape index (κ3) is 12.3. The van der Waals surface area contributed by atoms with Gasteiger partial charge in [0.2, 0.25) is 0 Å². The Kier molecular flexibility index (Phi) is 11.7. The number of hydrogen-bond acceptors (Lipinski definition) is 5. The van der Waals surface area contributed by atoms with Gasteiger partial charge in [0.05, 0.1) is 0 Å². The number of rotatable bonds is 12. The van der Waals surface area contributed by atoms with Crippen molar-refractivity contribution in [3.05, 3.63) is 0 Å². The Morgan fingerprint density at radius 1 is 0.667 bits per heavy atom. The highest BCUT2D eigenvalue weighted by Gasteiger charge is 1.99. The van der Waals surface area contributed by atoms with Gasteiger partial charge in [-0.1, -0.05) is 0 Å². The molecular weight excluding hydrogens is 226 g/mol. The zero-order valence-electron chi connectivity index (χ0n) is 13.0. The van der Waals surface area contributed by atoms with Crippen molar-refractivity contribution < 1.29 is 0 Å². The van der Waals surface area contributed by atoms with Crippen LogP contribution in [-0.2, 0) is 0 Å². The van der Waals surface area contributed by atoms with E-state index in [4.69, 9.17) is 0 Å². The molecule has 0 unspecified atom stereocenters. The fraction of sp³-hybridized carbons (Fsp3) is 1.00. The van der Waals surface area contributed by atoms with Crippen LogP contribution in [-0.4, -0.2) is 102 Å². The quantitative estimate of drug-likeness (QED) is 0.450. The van der Waals surface area contributed by atoms with Crippen molar-refractivity contribution in [1.82, 2.24) is 25.3 Å². The number of nitrogens with one attached hydrogen (secondary N) is 2. The van der Waals surface area contributed by atoms with Gasteiger partial charge in [-0.25, -0.2) is 0 Å². The van der Waals surface area contributed by atoms with Crippen LogP contribution >= 0.6 is 0 Å². The molecule has 0 aliphatic rings. The molecule has 0 aromatic carbocycles. The smallest absolute Gasteiger partial charge is 0.0107 e. The Bertz CT molecular complexity index is 175. The van der Waals surface area contributed by atoms with Crippen LogP contribution < -0.4 is 10.6 Å². The molecule has 0 spiro atoms. The molecule has 0 amide bonds. The molecule has 110 valence electrons. The Hall–Kier alpha value is -0.200. The van der Waals surface area contributed by atoms with Crippen molar-refractivity contribution in [1.29, 1.82) is 0 Å². The summed E-state index contributed by atoms with van der Waals surface area (Å²) in [5.41, 5.74) is 0. The summed E-state index contributed by atoms with van der Waals surface area (Å²) in [6.07, 6.45) is 0. The zero-order chi connectivity index (χ0) is 13.8. The maximum Gasteiger partial charge on any atom is 0.0107 e. The minimum absolute atomic E-state index is 1.06. The lowest BCUT2D eigenvalue weighted by atomic mass is 10.4. The minimum Gasteiger partial charge on any atom is -0.318 e. The van der Waals surface area contributed by atoms with Crippen LogP contribution in [0.5, 0.6) is 0 Å². The second-order valence-corrected chi connectivity index (χ2v) is 5.26. The van der Waals surface area contributed by atoms with Gasteiger partial charge in [0.1, 0.15) is 0 Å². The first kappa shape index (κ1) is 17.8. The van der Waals surface area contributed by atoms with Gasteiger partial charge in [0.15, 0.2) is 0 Å². The van der Waals surface area contributed by atoms with E-state index in [1.54, 1.807) is 0 Å². The van der Waals surface area contributed by atoms with E-state index in [-0.39, 0.29) is 0 Å². The summed E-state index contributed by atoms with van der Waals surface area (Å²) in [7, 11) is 10.6. The maximum absolute atomic E-state index is 3.49. The van der Waals surface area contributed by atoms with Gasteiger partial charge < -0.3 is 25.3 Å². The van der Waals surface area contributed by atoms with Crippen LogP contribution in [0, 0.1) is 0 Å². The maximum atomic E-state index is 3.49. The van der Waals surface area contributed by atoms with E-state index in [0.717, 1.165) is 52.4 Å². The SMILES string of the molecule is CNCCN(C)CCNCCN(C)CCN(C)C. The second-order valence-electron chi connectivity index (χ2n) is 5.26. The molecule has 0 aromatic rings. The third-order valence-electron chi connectivity index (χ3n) is 3.01. The number of likely N-dealkylation sites (N-methyl/N-ethyl adjacent to an activating group) is 4. The van der Waals surface area contributed by atoms with Crippen LogP contribution in [0.25, 0.3) is 0 Å². The first-order chi connectivity index (χ1) is 8.56. The fourth-order valence-electron chi connectivity index (χ4n) is 1.56. The van der Waals surface area contributed by atoms with E-state index in [1.807, 2.05) is 7.05 Å². The van der Waals surface area contributed by atoms with Crippen molar-refractivity contribution in [3.63, 3.8) is 0 Å². The van der Waals surface area contributed by atoms with Crippen LogP contribution in [0.3, 0.4) is 0 Å². The Labute approximate surface area is 113 Å². The van der Waals surface area contributed by atoms with Gasteiger partial charge in [-0.05, 0) is 35.2 Å². The van der Waals surface area contributed by atoms with Crippen LogP contribution in [0.2, 0.25) is 0 Å². The van der Waals surface area contributed by atoms with E-state index in [2.05, 4.69) is 53.5 Å². The molecule has 0 saturated heterocycles. The van der Waals surface area contributed by atoms with E-state index in [9.17, 15) is 0 Å². The van der Waals surface area contributed by atoms with Crippen molar-refractivity contribution in [2.75, 3.05) is 87.6 Å². The van der Waals surface area contributed by atoms with Crippen molar-refractivity contribution in [2.24, 2.45) is 0 Å². The summed E-state index contributed by atoms with van der Waals surface area (Å²) in [5.74, 6) is 0. The van der Waals surface area contributed by atoms with Crippen LogP contribution in [0.15, 0.2) is 0 Å². The Morgan fingerprint density at radius 3 is 1.67 bits per heavy atom. The molecular formula is C13H33N5. The van der Waals surface area contributed by atoms with E-state index < -0.39 is 0 Å². The summed E-state index contributed by atoms with van der Waals surface area (Å²) in [6.45, 7) is 8.81. The predicted molar refractivity (Wildman–Crippen MR) is 80.3 cm³/mol. The predicted octanol–water partition coefficient (Wildman–Crippen LogP) is -0.779. The lowest BCUT2D eigenvalue weighted by Gasteiger charge is -2.20.